The van der Waals surface area contributed by atoms with E-state index in [-0.39, 0.29) is 17.7 Å². The molecule has 1 heterocycles. The van der Waals surface area contributed by atoms with Crippen LogP contribution in [0.15, 0.2) is 36.4 Å². The van der Waals surface area contributed by atoms with Crippen molar-refractivity contribution < 1.29 is 14.3 Å². The van der Waals surface area contributed by atoms with Crippen molar-refractivity contribution in [1.29, 1.82) is 0 Å². The van der Waals surface area contributed by atoms with Crippen LogP contribution in [0.5, 0.6) is 5.75 Å². The summed E-state index contributed by atoms with van der Waals surface area (Å²) in [7, 11) is 1.67. The quantitative estimate of drug-likeness (QED) is 0.902. The van der Waals surface area contributed by atoms with Gasteiger partial charge in [0.1, 0.15) is 5.75 Å². The van der Waals surface area contributed by atoms with Gasteiger partial charge in [-0.25, -0.2) is 0 Å². The van der Waals surface area contributed by atoms with Gasteiger partial charge in [-0.3, -0.25) is 9.59 Å². The number of primary amides is 1. The van der Waals surface area contributed by atoms with E-state index in [9.17, 15) is 9.59 Å². The Kier molecular flexibility index (Phi) is 5.49. The van der Waals surface area contributed by atoms with Crippen LogP contribution in [0.4, 0.5) is 0 Å². The maximum Gasteiger partial charge on any atom is 0.253 e. The number of hydrogen-bond acceptors (Lipinski definition) is 3. The zero-order valence-corrected chi connectivity index (χ0v) is 16.1. The van der Waals surface area contributed by atoms with Gasteiger partial charge in [0, 0.05) is 24.6 Å². The van der Waals surface area contributed by atoms with Gasteiger partial charge in [-0.05, 0) is 73.2 Å². The molecule has 1 fully saturated rings. The number of benzene rings is 2. The molecule has 27 heavy (non-hydrogen) atoms. The lowest BCUT2D eigenvalue weighted by atomic mass is 9.95. The van der Waals surface area contributed by atoms with Gasteiger partial charge in [-0.15, -0.1) is 0 Å². The van der Waals surface area contributed by atoms with Crippen molar-refractivity contribution in [3.05, 3.63) is 53.1 Å². The van der Waals surface area contributed by atoms with Crippen molar-refractivity contribution in [1.82, 2.24) is 4.90 Å². The van der Waals surface area contributed by atoms with Gasteiger partial charge < -0.3 is 15.4 Å². The number of methoxy groups -OCH3 is 1. The SMILES string of the molecule is COc1cc(C)c(-c2ccc(C(=O)N3CCC(C(N)=O)CC3)cc2)cc1C. The first-order valence-corrected chi connectivity index (χ1v) is 9.25. The van der Waals surface area contributed by atoms with Gasteiger partial charge >= 0.3 is 0 Å². The summed E-state index contributed by atoms with van der Waals surface area (Å²) < 4.78 is 5.38. The Morgan fingerprint density at radius 1 is 1.04 bits per heavy atom. The van der Waals surface area contributed by atoms with Crippen molar-refractivity contribution in [2.75, 3.05) is 20.2 Å². The number of nitrogens with two attached hydrogens (primary N) is 1. The lowest BCUT2D eigenvalue weighted by molar-refractivity contribution is -0.123. The van der Waals surface area contributed by atoms with Crippen molar-refractivity contribution in [3.63, 3.8) is 0 Å². The lowest BCUT2D eigenvalue weighted by Gasteiger charge is -2.30. The summed E-state index contributed by atoms with van der Waals surface area (Å²) in [5.74, 6) is 0.504. The second kappa shape index (κ2) is 7.82. The molecule has 1 aliphatic heterocycles. The van der Waals surface area contributed by atoms with Crippen LogP contribution in [0, 0.1) is 19.8 Å². The summed E-state index contributed by atoms with van der Waals surface area (Å²) in [5, 5.41) is 0. The highest BCUT2D eigenvalue weighted by atomic mass is 16.5. The zero-order chi connectivity index (χ0) is 19.6. The van der Waals surface area contributed by atoms with Gasteiger partial charge in [-0.1, -0.05) is 12.1 Å². The average molecular weight is 366 g/mol. The molecule has 0 saturated carbocycles. The van der Waals surface area contributed by atoms with Gasteiger partial charge in [0.2, 0.25) is 5.91 Å². The van der Waals surface area contributed by atoms with Crippen molar-refractivity contribution >= 4 is 11.8 Å². The predicted octanol–water partition coefficient (Wildman–Crippen LogP) is 3.32. The molecule has 3 rings (SSSR count). The van der Waals surface area contributed by atoms with Gasteiger partial charge in [0.15, 0.2) is 0 Å². The molecule has 0 aromatic heterocycles. The molecule has 2 N–H and O–H groups in total. The second-order valence-electron chi connectivity index (χ2n) is 7.18. The standard InChI is InChI=1S/C22H26N2O3/c1-14-13-20(27-3)15(2)12-19(14)16-4-6-18(7-5-16)22(26)24-10-8-17(9-11-24)21(23)25/h4-7,12-13,17H,8-11H2,1-3H3,(H2,23,25). The van der Waals surface area contributed by atoms with Gasteiger partial charge in [0.05, 0.1) is 7.11 Å². The van der Waals surface area contributed by atoms with E-state index < -0.39 is 0 Å². The molecular formula is C22H26N2O3. The van der Waals surface area contributed by atoms with Crippen molar-refractivity contribution in [2.24, 2.45) is 11.7 Å². The molecule has 0 radical (unpaired) electrons. The Bertz CT molecular complexity index is 851. The fourth-order valence-corrected chi connectivity index (χ4v) is 3.66. The molecule has 0 aliphatic carbocycles. The van der Waals surface area contributed by atoms with E-state index in [0.29, 0.717) is 31.5 Å². The number of piperidine rings is 1. The summed E-state index contributed by atoms with van der Waals surface area (Å²) in [4.78, 5) is 25.8. The number of carbonyl (C=O) groups excluding carboxylic acids is 2. The minimum Gasteiger partial charge on any atom is -0.496 e. The largest absolute Gasteiger partial charge is 0.496 e. The summed E-state index contributed by atoms with van der Waals surface area (Å²) in [6.07, 6.45) is 1.28. The molecular weight excluding hydrogens is 340 g/mol. The Labute approximate surface area is 160 Å². The number of carbonyl (C=O) groups is 2. The van der Waals surface area contributed by atoms with E-state index in [0.717, 1.165) is 28.0 Å². The van der Waals surface area contributed by atoms with Crippen molar-refractivity contribution in [2.45, 2.75) is 26.7 Å². The number of rotatable bonds is 4. The van der Waals surface area contributed by atoms with Crippen molar-refractivity contribution in [3.8, 4) is 16.9 Å². The van der Waals surface area contributed by atoms with E-state index in [1.165, 1.54) is 0 Å². The fourth-order valence-electron chi connectivity index (χ4n) is 3.66. The van der Waals surface area contributed by atoms with Crippen LogP contribution in [0.2, 0.25) is 0 Å². The van der Waals surface area contributed by atoms with Crippen LogP contribution in [0.3, 0.4) is 0 Å². The van der Waals surface area contributed by atoms with Crippen LogP contribution in [0.1, 0.15) is 34.3 Å². The average Bonchev–Trinajstić information content (AvgIpc) is 2.69. The maximum atomic E-state index is 12.7. The van der Waals surface area contributed by atoms with E-state index in [2.05, 4.69) is 13.0 Å². The van der Waals surface area contributed by atoms with Crippen LogP contribution in [-0.4, -0.2) is 36.9 Å². The van der Waals surface area contributed by atoms with Crippen LogP contribution in [-0.2, 0) is 4.79 Å². The first kappa shape index (κ1) is 19.0. The Morgan fingerprint density at radius 2 is 1.67 bits per heavy atom. The molecule has 0 unspecified atom stereocenters. The zero-order valence-electron chi connectivity index (χ0n) is 16.1. The third kappa shape index (κ3) is 3.97. The molecule has 2 aromatic rings. The highest BCUT2D eigenvalue weighted by Crippen LogP contribution is 2.30. The molecule has 0 atom stereocenters. The van der Waals surface area contributed by atoms with E-state index in [4.69, 9.17) is 10.5 Å². The summed E-state index contributed by atoms with van der Waals surface area (Å²) in [6.45, 7) is 5.23. The Hall–Kier alpha value is -2.82. The highest BCUT2D eigenvalue weighted by molar-refractivity contribution is 5.95. The minimum absolute atomic E-state index is 0.00658. The summed E-state index contributed by atoms with van der Waals surface area (Å²) in [6, 6.07) is 11.9. The van der Waals surface area contributed by atoms with Gasteiger partial charge in [-0.2, -0.15) is 0 Å². The molecule has 1 saturated heterocycles. The van der Waals surface area contributed by atoms with Crippen LogP contribution in [0.25, 0.3) is 11.1 Å². The molecule has 142 valence electrons. The predicted molar refractivity (Wildman–Crippen MR) is 106 cm³/mol. The van der Waals surface area contributed by atoms with E-state index in [1.54, 1.807) is 12.0 Å². The molecule has 0 bridgehead atoms. The topological polar surface area (TPSA) is 72.6 Å². The number of ether oxygens (including phenoxy) is 1. The molecule has 5 heteroatoms. The van der Waals surface area contributed by atoms with E-state index >= 15 is 0 Å². The Morgan fingerprint density at radius 3 is 2.22 bits per heavy atom. The monoisotopic (exact) mass is 366 g/mol. The molecule has 2 aromatic carbocycles. The van der Waals surface area contributed by atoms with Crippen LogP contribution >= 0.6 is 0 Å². The molecule has 2 amide bonds. The first-order valence-electron chi connectivity index (χ1n) is 9.25. The lowest BCUT2D eigenvalue weighted by Crippen LogP contribution is -2.41. The minimum atomic E-state index is -0.267. The Balaban J connectivity index is 1.75. The number of aryl methyl sites for hydroxylation is 2. The first-order chi connectivity index (χ1) is 12.9. The second-order valence-corrected chi connectivity index (χ2v) is 7.18. The third-order valence-corrected chi connectivity index (χ3v) is 5.37. The smallest absolute Gasteiger partial charge is 0.253 e. The third-order valence-electron chi connectivity index (χ3n) is 5.37. The summed E-state index contributed by atoms with van der Waals surface area (Å²) in [5.41, 5.74) is 10.4. The number of hydrogen-bond donors (Lipinski definition) is 1. The fraction of sp³-hybridized carbons (Fsp3) is 0.364. The van der Waals surface area contributed by atoms with Gasteiger partial charge in [0.25, 0.3) is 5.91 Å². The maximum absolute atomic E-state index is 12.7. The highest BCUT2D eigenvalue weighted by Gasteiger charge is 2.26. The summed E-state index contributed by atoms with van der Waals surface area (Å²) >= 11 is 0. The molecule has 1 aliphatic rings. The number of amides is 2. The normalized spacial score (nSPS) is 14.9. The number of nitrogens with zero attached hydrogens (tertiary/aromatic N) is 1. The van der Waals surface area contributed by atoms with E-state index in [1.807, 2.05) is 37.3 Å². The van der Waals surface area contributed by atoms with Crippen LogP contribution < -0.4 is 10.5 Å². The number of likely N-dealkylation sites (tertiary alicyclic amines) is 1. The molecule has 5 nitrogen and oxygen atoms in total. The molecule has 0 spiro atoms.